The van der Waals surface area contributed by atoms with Crippen molar-refractivity contribution in [2.45, 2.75) is 143 Å². The maximum Gasteiger partial charge on any atom is 0.303 e. The van der Waals surface area contributed by atoms with Gasteiger partial charge in [-0.2, -0.15) is 0 Å². The summed E-state index contributed by atoms with van der Waals surface area (Å²) in [5, 5.41) is 11.0. The summed E-state index contributed by atoms with van der Waals surface area (Å²) < 4.78 is 25.7. The smallest absolute Gasteiger partial charge is 0.303 e. The van der Waals surface area contributed by atoms with Crippen molar-refractivity contribution in [3.05, 3.63) is 0 Å². The van der Waals surface area contributed by atoms with Crippen LogP contribution >= 0.6 is 0 Å². The van der Waals surface area contributed by atoms with E-state index in [0.717, 1.165) is 31.7 Å². The Hall–Kier alpha value is -1.26. The second-order valence-corrected chi connectivity index (χ2v) is 19.3. The predicted octanol–water partition coefficient (Wildman–Crippen LogP) is 5.52. The number of ether oxygens (including phenoxy) is 4. The lowest BCUT2D eigenvalue weighted by Crippen LogP contribution is -2.57. The molecule has 0 bridgehead atoms. The van der Waals surface area contributed by atoms with Crippen molar-refractivity contribution in [3.63, 3.8) is 0 Å². The van der Waals surface area contributed by atoms with Crippen LogP contribution in [0.2, 0.25) is 0 Å². The van der Waals surface area contributed by atoms with Gasteiger partial charge in [0, 0.05) is 27.6 Å². The Morgan fingerprint density at radius 2 is 1.76 bits per heavy atom. The molecule has 49 heavy (non-hydrogen) atoms. The van der Waals surface area contributed by atoms with Crippen molar-refractivity contribution < 1.29 is 33.6 Å². The number of morpholine rings is 1. The summed E-state index contributed by atoms with van der Waals surface area (Å²) in [7, 11) is 3.63. The maximum absolute atomic E-state index is 12.4. The molecule has 2 saturated heterocycles. The molecule has 7 rings (SSSR count). The fraction of sp³-hybridized carbons (Fsp3) is 0.950. The van der Waals surface area contributed by atoms with Gasteiger partial charge >= 0.3 is 5.97 Å². The average molecular weight is 687 g/mol. The van der Waals surface area contributed by atoms with Crippen molar-refractivity contribution >= 4 is 11.9 Å². The number of carbonyl (C=O) groups excluding carboxylic acids is 2. The molecular weight excluding hydrogens is 620 g/mol. The second kappa shape index (κ2) is 12.1. The molecule has 9 heteroatoms. The van der Waals surface area contributed by atoms with Crippen LogP contribution in [-0.4, -0.2) is 103 Å². The lowest BCUT2D eigenvalue weighted by Gasteiger charge is -2.60. The van der Waals surface area contributed by atoms with E-state index in [-0.39, 0.29) is 47.3 Å². The van der Waals surface area contributed by atoms with Gasteiger partial charge in [-0.25, -0.2) is 0 Å². The number of amides is 1. The lowest BCUT2D eigenvalue weighted by molar-refractivity contribution is -0.245. The van der Waals surface area contributed by atoms with Gasteiger partial charge in [-0.05, 0) is 122 Å². The zero-order valence-corrected chi connectivity index (χ0v) is 32.1. The van der Waals surface area contributed by atoms with Gasteiger partial charge in [-0.1, -0.05) is 34.6 Å². The number of aliphatic hydroxyl groups is 1. The molecule has 14 atom stereocenters. The number of nitrogens with zero attached hydrogens (tertiary/aromatic N) is 2. The third-order valence-electron chi connectivity index (χ3n) is 16.2. The number of likely N-dealkylation sites (N-methyl/N-ethyl adjacent to an activating group) is 1. The van der Waals surface area contributed by atoms with Crippen LogP contribution in [0.1, 0.15) is 107 Å². The number of hydrogen-bond acceptors (Lipinski definition) is 8. The van der Waals surface area contributed by atoms with Crippen molar-refractivity contribution in [1.82, 2.24) is 9.80 Å². The quantitative estimate of drug-likeness (QED) is 0.350. The first kappa shape index (κ1) is 36.1. The molecule has 9 nitrogen and oxygen atoms in total. The fourth-order valence-corrected chi connectivity index (χ4v) is 14.3. The molecule has 1 amide bonds. The largest absolute Gasteiger partial charge is 0.457 e. The summed E-state index contributed by atoms with van der Waals surface area (Å²) in [6.07, 6.45) is 8.38. The zero-order chi connectivity index (χ0) is 35.5. The van der Waals surface area contributed by atoms with Gasteiger partial charge in [0.2, 0.25) is 5.91 Å². The molecule has 14 unspecified atom stereocenters. The molecule has 0 aromatic rings. The summed E-state index contributed by atoms with van der Waals surface area (Å²) in [6.45, 7) is 19.9. The van der Waals surface area contributed by atoms with E-state index in [1.54, 1.807) is 18.7 Å². The molecule has 1 N–H and O–H groups in total. The van der Waals surface area contributed by atoms with Crippen LogP contribution in [0.25, 0.3) is 0 Å². The highest BCUT2D eigenvalue weighted by Gasteiger charge is 2.85. The monoisotopic (exact) mass is 686 g/mol. The Bertz CT molecular complexity index is 1300. The average Bonchev–Trinajstić information content (AvgIpc) is 3.37. The van der Waals surface area contributed by atoms with Crippen molar-refractivity contribution in [1.29, 1.82) is 0 Å². The summed E-state index contributed by atoms with van der Waals surface area (Å²) in [4.78, 5) is 28.3. The van der Waals surface area contributed by atoms with E-state index in [0.29, 0.717) is 60.1 Å². The minimum absolute atomic E-state index is 0.0458. The molecule has 5 aliphatic carbocycles. The molecular formula is C40H66N2O7. The Balaban J connectivity index is 1.07. The first-order valence-electron chi connectivity index (χ1n) is 19.6. The Kier molecular flexibility index (Phi) is 8.95. The Morgan fingerprint density at radius 3 is 2.43 bits per heavy atom. The molecule has 0 aromatic carbocycles. The number of carbonyl (C=O) groups is 2. The van der Waals surface area contributed by atoms with E-state index in [9.17, 15) is 14.7 Å². The van der Waals surface area contributed by atoms with Gasteiger partial charge in [-0.15, -0.1) is 0 Å². The third-order valence-corrected chi connectivity index (χ3v) is 16.2. The second-order valence-electron chi connectivity index (χ2n) is 19.3. The van der Waals surface area contributed by atoms with E-state index in [2.05, 4.69) is 39.5 Å². The van der Waals surface area contributed by atoms with Crippen molar-refractivity contribution in [2.24, 2.45) is 57.2 Å². The predicted molar refractivity (Wildman–Crippen MR) is 186 cm³/mol. The van der Waals surface area contributed by atoms with Crippen LogP contribution in [0.3, 0.4) is 0 Å². The first-order chi connectivity index (χ1) is 22.9. The topological polar surface area (TPSA) is 97.8 Å². The van der Waals surface area contributed by atoms with Crippen LogP contribution in [-0.2, 0) is 28.5 Å². The van der Waals surface area contributed by atoms with Crippen LogP contribution in [0.4, 0.5) is 0 Å². The van der Waals surface area contributed by atoms with E-state index in [1.807, 2.05) is 14.1 Å². The van der Waals surface area contributed by atoms with Crippen LogP contribution in [0.5, 0.6) is 0 Å². The Morgan fingerprint density at radius 1 is 1.02 bits per heavy atom. The molecule has 2 spiro atoms. The number of hydrogen-bond donors (Lipinski definition) is 1. The standard InChI is InChI=1S/C40H66N2O7/c1-23-19-29(35(37(6,7)45)47-25(3)43)48-28-20-27-26-11-12-30-36(4,5)31(49-33-22-42(17-18-46-33)21-32(44)41(9)10)13-14-40(30)24(2)39(26,40)16-15-38(27,8)34(23)28/h23-24,26-31,33-35,45H,11-22H2,1-10H3. The summed E-state index contributed by atoms with van der Waals surface area (Å²) in [5.74, 6) is 3.40. The normalized spacial score (nSPS) is 47.8. The summed E-state index contributed by atoms with van der Waals surface area (Å²) >= 11 is 0. The highest BCUT2D eigenvalue weighted by molar-refractivity contribution is 5.77. The van der Waals surface area contributed by atoms with E-state index in [4.69, 9.17) is 18.9 Å². The summed E-state index contributed by atoms with van der Waals surface area (Å²) in [5.41, 5.74) is -0.0939. The molecule has 278 valence electrons. The molecule has 2 heterocycles. The zero-order valence-electron chi connectivity index (χ0n) is 32.1. The van der Waals surface area contributed by atoms with E-state index < -0.39 is 11.7 Å². The minimum Gasteiger partial charge on any atom is -0.457 e. The van der Waals surface area contributed by atoms with Crippen LogP contribution in [0, 0.1) is 57.2 Å². The van der Waals surface area contributed by atoms with Gasteiger partial charge in [0.15, 0.2) is 12.4 Å². The van der Waals surface area contributed by atoms with Crippen LogP contribution in [0.15, 0.2) is 0 Å². The van der Waals surface area contributed by atoms with Gasteiger partial charge in [-0.3, -0.25) is 14.5 Å². The third kappa shape index (κ3) is 5.39. The van der Waals surface area contributed by atoms with Crippen molar-refractivity contribution in [3.8, 4) is 0 Å². The Labute approximate surface area is 295 Å². The molecule has 2 aliphatic heterocycles. The highest BCUT2D eigenvalue weighted by Crippen LogP contribution is 2.89. The SMILES string of the molecule is CC(=O)OC(C1CC(C)C2C(CC3C4CCC5C(C)(C)C(OC6CN(CC(=O)N(C)C)CCO6)CCC56C(C)C46CCC32C)O1)C(C)(C)O. The van der Waals surface area contributed by atoms with Gasteiger partial charge in [0.05, 0.1) is 43.6 Å². The number of rotatable bonds is 7. The minimum atomic E-state index is -1.17. The molecule has 0 radical (unpaired) electrons. The lowest BCUT2D eigenvalue weighted by atomic mass is 9.46. The fourth-order valence-electron chi connectivity index (χ4n) is 14.3. The molecule has 7 aliphatic rings. The molecule has 5 saturated carbocycles. The van der Waals surface area contributed by atoms with Gasteiger partial charge < -0.3 is 29.0 Å². The van der Waals surface area contributed by atoms with E-state index in [1.165, 1.54) is 39.0 Å². The van der Waals surface area contributed by atoms with Gasteiger partial charge in [0.25, 0.3) is 0 Å². The van der Waals surface area contributed by atoms with E-state index >= 15 is 0 Å². The molecule has 0 aromatic heterocycles. The number of esters is 1. The van der Waals surface area contributed by atoms with Gasteiger partial charge in [0.1, 0.15) is 0 Å². The van der Waals surface area contributed by atoms with Crippen molar-refractivity contribution in [2.75, 3.05) is 40.3 Å². The first-order valence-corrected chi connectivity index (χ1v) is 19.6. The maximum atomic E-state index is 12.4. The van der Waals surface area contributed by atoms with Crippen LogP contribution < -0.4 is 0 Å². The summed E-state index contributed by atoms with van der Waals surface area (Å²) in [6, 6.07) is 0. The number of fused-ring (bicyclic) bond motifs is 4. The highest BCUT2D eigenvalue weighted by atomic mass is 16.7. The molecule has 7 fully saturated rings.